The number of rotatable bonds is 4. The van der Waals surface area contributed by atoms with Gasteiger partial charge < -0.3 is 5.32 Å². The lowest BCUT2D eigenvalue weighted by Gasteiger charge is -2.40. The molecule has 1 N–H and O–H groups in total. The zero-order valence-corrected chi connectivity index (χ0v) is 13.2. The van der Waals surface area contributed by atoms with Gasteiger partial charge in [0.1, 0.15) is 0 Å². The quantitative estimate of drug-likeness (QED) is 0.918. The van der Waals surface area contributed by atoms with Crippen molar-refractivity contribution in [3.05, 3.63) is 35.9 Å². The Morgan fingerprint density at radius 2 is 2.15 bits per heavy atom. The second-order valence-corrected chi connectivity index (χ2v) is 7.48. The average molecular weight is 290 g/mol. The van der Waals surface area contributed by atoms with E-state index < -0.39 is 0 Å². The molecule has 1 aromatic carbocycles. The summed E-state index contributed by atoms with van der Waals surface area (Å²) in [5, 5.41) is 3.73. The van der Waals surface area contributed by atoms with Gasteiger partial charge in [-0.1, -0.05) is 30.3 Å². The van der Waals surface area contributed by atoms with Gasteiger partial charge in [-0.2, -0.15) is 11.8 Å². The third kappa shape index (κ3) is 3.78. The van der Waals surface area contributed by atoms with Gasteiger partial charge in [-0.25, -0.2) is 0 Å². The van der Waals surface area contributed by atoms with E-state index in [2.05, 4.69) is 59.2 Å². The Morgan fingerprint density at radius 3 is 2.90 bits per heavy atom. The van der Waals surface area contributed by atoms with Crippen molar-refractivity contribution < 1.29 is 0 Å². The highest BCUT2D eigenvalue weighted by molar-refractivity contribution is 7.99. The minimum absolute atomic E-state index is 0.614. The van der Waals surface area contributed by atoms with E-state index in [1.54, 1.807) is 0 Å². The fourth-order valence-electron chi connectivity index (χ4n) is 3.34. The fourth-order valence-corrected chi connectivity index (χ4v) is 4.61. The lowest BCUT2D eigenvalue weighted by Crippen LogP contribution is -2.57. The molecule has 110 valence electrons. The Morgan fingerprint density at radius 1 is 1.30 bits per heavy atom. The van der Waals surface area contributed by atoms with Gasteiger partial charge in [0.2, 0.25) is 0 Å². The summed E-state index contributed by atoms with van der Waals surface area (Å²) in [6, 6.07) is 12.2. The van der Waals surface area contributed by atoms with Gasteiger partial charge in [-0.05, 0) is 42.8 Å². The molecule has 2 saturated heterocycles. The second kappa shape index (κ2) is 6.97. The minimum Gasteiger partial charge on any atom is -0.311 e. The summed E-state index contributed by atoms with van der Waals surface area (Å²) in [4.78, 5) is 2.72. The number of thioether (sulfide) groups is 1. The lowest BCUT2D eigenvalue weighted by atomic mass is 10.00. The first-order chi connectivity index (χ1) is 9.81. The van der Waals surface area contributed by atoms with Crippen LogP contribution < -0.4 is 5.32 Å². The van der Waals surface area contributed by atoms with E-state index in [1.165, 1.54) is 36.6 Å². The SMILES string of the molecule is CC1CNC(Cc2ccccc2)CN1CC1CCSC1. The smallest absolute Gasteiger partial charge is 0.0236 e. The van der Waals surface area contributed by atoms with E-state index in [-0.39, 0.29) is 0 Å². The highest BCUT2D eigenvalue weighted by Crippen LogP contribution is 2.25. The number of hydrogen-bond donors (Lipinski definition) is 1. The molecule has 2 heterocycles. The van der Waals surface area contributed by atoms with Crippen molar-refractivity contribution in [3.8, 4) is 0 Å². The number of piperazine rings is 1. The first kappa shape index (κ1) is 14.4. The molecule has 3 rings (SSSR count). The molecule has 0 radical (unpaired) electrons. The fraction of sp³-hybridized carbons (Fsp3) is 0.647. The van der Waals surface area contributed by atoms with Crippen molar-refractivity contribution >= 4 is 11.8 Å². The zero-order valence-electron chi connectivity index (χ0n) is 12.4. The maximum Gasteiger partial charge on any atom is 0.0236 e. The third-order valence-electron chi connectivity index (χ3n) is 4.62. The van der Waals surface area contributed by atoms with Crippen LogP contribution in [-0.2, 0) is 6.42 Å². The minimum atomic E-state index is 0.614. The van der Waals surface area contributed by atoms with Crippen LogP contribution in [0.2, 0.25) is 0 Å². The van der Waals surface area contributed by atoms with Crippen molar-refractivity contribution in [2.75, 3.05) is 31.1 Å². The molecule has 0 saturated carbocycles. The highest BCUT2D eigenvalue weighted by Gasteiger charge is 2.28. The highest BCUT2D eigenvalue weighted by atomic mass is 32.2. The largest absolute Gasteiger partial charge is 0.311 e. The molecule has 2 fully saturated rings. The molecule has 0 aliphatic carbocycles. The Balaban J connectivity index is 1.55. The van der Waals surface area contributed by atoms with Crippen LogP contribution in [0.4, 0.5) is 0 Å². The Hall–Kier alpha value is -0.510. The van der Waals surface area contributed by atoms with Crippen LogP contribution in [0.5, 0.6) is 0 Å². The van der Waals surface area contributed by atoms with E-state index >= 15 is 0 Å². The van der Waals surface area contributed by atoms with Gasteiger partial charge in [0.05, 0.1) is 0 Å². The van der Waals surface area contributed by atoms with Crippen LogP contribution in [0.25, 0.3) is 0 Å². The van der Waals surface area contributed by atoms with Crippen molar-refractivity contribution in [1.82, 2.24) is 10.2 Å². The standard InChI is InChI=1S/C17H26N2S/c1-14-10-18-17(9-15-5-3-2-4-6-15)12-19(14)11-16-7-8-20-13-16/h2-6,14,16-18H,7-13H2,1H3. The zero-order chi connectivity index (χ0) is 13.8. The van der Waals surface area contributed by atoms with Crippen LogP contribution >= 0.6 is 11.8 Å². The van der Waals surface area contributed by atoms with Crippen LogP contribution in [0.3, 0.4) is 0 Å². The monoisotopic (exact) mass is 290 g/mol. The summed E-state index contributed by atoms with van der Waals surface area (Å²) < 4.78 is 0. The first-order valence-corrected chi connectivity index (χ1v) is 9.06. The van der Waals surface area contributed by atoms with E-state index in [9.17, 15) is 0 Å². The Bertz CT molecular complexity index is 403. The van der Waals surface area contributed by atoms with E-state index in [0.29, 0.717) is 12.1 Å². The predicted octanol–water partition coefficient (Wildman–Crippen LogP) is 2.64. The Labute approximate surface area is 127 Å². The number of hydrogen-bond acceptors (Lipinski definition) is 3. The predicted molar refractivity (Wildman–Crippen MR) is 88.4 cm³/mol. The molecule has 2 aliphatic rings. The molecule has 0 spiro atoms. The van der Waals surface area contributed by atoms with Gasteiger partial charge >= 0.3 is 0 Å². The van der Waals surface area contributed by atoms with Crippen LogP contribution in [0, 0.1) is 5.92 Å². The third-order valence-corrected chi connectivity index (χ3v) is 5.85. The topological polar surface area (TPSA) is 15.3 Å². The van der Waals surface area contributed by atoms with Gasteiger partial charge in [-0.15, -0.1) is 0 Å². The van der Waals surface area contributed by atoms with Crippen molar-refractivity contribution in [2.45, 2.75) is 31.8 Å². The molecule has 3 atom stereocenters. The molecule has 2 aliphatic heterocycles. The molecule has 0 aromatic heterocycles. The van der Waals surface area contributed by atoms with Crippen LogP contribution in [-0.4, -0.2) is 48.1 Å². The van der Waals surface area contributed by atoms with Gasteiger partial charge in [-0.3, -0.25) is 4.90 Å². The summed E-state index contributed by atoms with van der Waals surface area (Å²) in [6.45, 7) is 6.02. The van der Waals surface area contributed by atoms with E-state index in [0.717, 1.165) is 18.9 Å². The van der Waals surface area contributed by atoms with Crippen molar-refractivity contribution in [2.24, 2.45) is 5.92 Å². The molecular formula is C17H26N2S. The molecule has 0 bridgehead atoms. The Kier molecular flexibility index (Phi) is 5.03. The van der Waals surface area contributed by atoms with Gasteiger partial charge in [0.15, 0.2) is 0 Å². The normalized spacial score (nSPS) is 31.6. The summed E-state index contributed by atoms with van der Waals surface area (Å²) in [7, 11) is 0. The number of nitrogens with one attached hydrogen (secondary N) is 1. The first-order valence-electron chi connectivity index (χ1n) is 7.90. The van der Waals surface area contributed by atoms with Gasteiger partial charge in [0.25, 0.3) is 0 Å². The second-order valence-electron chi connectivity index (χ2n) is 6.33. The number of benzene rings is 1. The maximum atomic E-state index is 3.73. The molecule has 0 amide bonds. The summed E-state index contributed by atoms with van der Waals surface area (Å²) in [5.74, 6) is 3.68. The van der Waals surface area contributed by atoms with Crippen molar-refractivity contribution in [3.63, 3.8) is 0 Å². The summed E-state index contributed by atoms with van der Waals surface area (Å²) >= 11 is 2.13. The molecule has 2 nitrogen and oxygen atoms in total. The summed E-state index contributed by atoms with van der Waals surface area (Å²) in [6.07, 6.45) is 2.58. The summed E-state index contributed by atoms with van der Waals surface area (Å²) in [5.41, 5.74) is 1.45. The lowest BCUT2D eigenvalue weighted by molar-refractivity contribution is 0.124. The molecule has 3 unspecified atom stereocenters. The number of nitrogens with zero attached hydrogens (tertiary/aromatic N) is 1. The average Bonchev–Trinajstić information content (AvgIpc) is 2.97. The molecule has 1 aromatic rings. The molecule has 3 heteroatoms. The van der Waals surface area contributed by atoms with E-state index in [4.69, 9.17) is 0 Å². The van der Waals surface area contributed by atoms with E-state index in [1.807, 2.05) is 0 Å². The van der Waals surface area contributed by atoms with Crippen molar-refractivity contribution in [1.29, 1.82) is 0 Å². The molecule has 20 heavy (non-hydrogen) atoms. The van der Waals surface area contributed by atoms with Gasteiger partial charge in [0, 0.05) is 31.7 Å². The van der Waals surface area contributed by atoms with Crippen LogP contribution in [0.15, 0.2) is 30.3 Å². The maximum absolute atomic E-state index is 3.73. The molecular weight excluding hydrogens is 264 g/mol. The van der Waals surface area contributed by atoms with Crippen LogP contribution in [0.1, 0.15) is 18.9 Å².